The Balaban J connectivity index is 5.23. The standard InChI is InChI=1S/C67H130O17P2/c1-9-60(8)46-38-30-20-17-18-22-34-42-50-67(72)84-63(54-78-65(70)48-40-32-26-24-29-37-45-59(6)7)56-82-86(75,76)80-52-61(68)51-79-85(73,74)81-55-62(53-77-64(69)47-39-31-25-23-28-36-44-58(4)5)83-66(71)49-41-33-21-16-14-12-10-11-13-15-19-27-35-43-57(2)3/h57-63,68H,9-56H2,1-8H3,(H,73,74)(H,75,76)/t60?,61-,62+,63+/m0/s1. The molecule has 510 valence electrons. The van der Waals surface area contributed by atoms with Crippen LogP contribution in [0.3, 0.4) is 0 Å². The molecular formula is C67H130O17P2. The smallest absolute Gasteiger partial charge is 0.462 e. The summed E-state index contributed by atoms with van der Waals surface area (Å²) in [7, 11) is -9.89. The summed E-state index contributed by atoms with van der Waals surface area (Å²) >= 11 is 0. The average Bonchev–Trinajstić information content (AvgIpc) is 3.60. The first-order chi connectivity index (χ1) is 41.1. The van der Waals surface area contributed by atoms with E-state index in [1.54, 1.807) is 0 Å². The topological polar surface area (TPSA) is 237 Å². The van der Waals surface area contributed by atoms with Crippen LogP contribution in [0.25, 0.3) is 0 Å². The molecule has 19 heteroatoms. The third-order valence-corrected chi connectivity index (χ3v) is 17.6. The van der Waals surface area contributed by atoms with Gasteiger partial charge in [-0.3, -0.25) is 37.3 Å². The van der Waals surface area contributed by atoms with E-state index < -0.39 is 97.5 Å². The van der Waals surface area contributed by atoms with Crippen LogP contribution in [0.5, 0.6) is 0 Å². The molecule has 0 aromatic rings. The van der Waals surface area contributed by atoms with Gasteiger partial charge in [0.2, 0.25) is 0 Å². The zero-order chi connectivity index (χ0) is 63.9. The number of aliphatic hydroxyl groups is 1. The van der Waals surface area contributed by atoms with E-state index in [9.17, 15) is 43.2 Å². The number of ether oxygens (including phenoxy) is 4. The lowest BCUT2D eigenvalue weighted by Crippen LogP contribution is -2.30. The van der Waals surface area contributed by atoms with Crippen LogP contribution in [0.15, 0.2) is 0 Å². The molecule has 0 heterocycles. The third kappa shape index (κ3) is 59.7. The lowest BCUT2D eigenvalue weighted by atomic mass is 9.99. The molecule has 0 saturated heterocycles. The average molecular weight is 1270 g/mol. The number of esters is 4. The molecule has 17 nitrogen and oxygen atoms in total. The Bertz CT molecular complexity index is 1720. The molecule has 3 unspecified atom stereocenters. The van der Waals surface area contributed by atoms with Crippen molar-refractivity contribution >= 4 is 39.5 Å². The summed E-state index contributed by atoms with van der Waals surface area (Å²) in [6, 6.07) is 0. The van der Waals surface area contributed by atoms with Crippen molar-refractivity contribution in [1.82, 2.24) is 0 Å². The predicted octanol–water partition coefficient (Wildman–Crippen LogP) is 18.5. The molecule has 0 rings (SSSR count). The normalized spacial score (nSPS) is 14.7. The maximum Gasteiger partial charge on any atom is 0.472 e. The van der Waals surface area contributed by atoms with Crippen LogP contribution in [0, 0.1) is 23.7 Å². The molecular weight excluding hydrogens is 1140 g/mol. The van der Waals surface area contributed by atoms with Crippen LogP contribution in [0.2, 0.25) is 0 Å². The number of carbonyl (C=O) groups is 4. The van der Waals surface area contributed by atoms with E-state index in [1.807, 2.05) is 0 Å². The van der Waals surface area contributed by atoms with Gasteiger partial charge in [-0.15, -0.1) is 0 Å². The van der Waals surface area contributed by atoms with E-state index >= 15 is 0 Å². The van der Waals surface area contributed by atoms with E-state index in [2.05, 4.69) is 55.4 Å². The van der Waals surface area contributed by atoms with Crippen LogP contribution in [0.4, 0.5) is 0 Å². The van der Waals surface area contributed by atoms with Gasteiger partial charge in [0.05, 0.1) is 26.4 Å². The first kappa shape index (κ1) is 84.1. The Hall–Kier alpha value is -1.94. The molecule has 0 spiro atoms. The third-order valence-electron chi connectivity index (χ3n) is 15.7. The van der Waals surface area contributed by atoms with Gasteiger partial charge in [0.15, 0.2) is 12.2 Å². The summed E-state index contributed by atoms with van der Waals surface area (Å²) in [5.74, 6) is 0.777. The Morgan fingerprint density at radius 2 is 0.558 bits per heavy atom. The quantitative estimate of drug-likeness (QED) is 0.0222. The minimum absolute atomic E-state index is 0.103. The Morgan fingerprint density at radius 1 is 0.326 bits per heavy atom. The van der Waals surface area contributed by atoms with Crippen LogP contribution >= 0.6 is 15.6 Å². The number of phosphoric acid groups is 2. The summed E-state index contributed by atoms with van der Waals surface area (Å²) in [4.78, 5) is 72.3. The molecule has 0 aliphatic heterocycles. The van der Waals surface area contributed by atoms with E-state index in [-0.39, 0.29) is 25.7 Å². The largest absolute Gasteiger partial charge is 0.472 e. The first-order valence-corrected chi connectivity index (χ1v) is 37.7. The summed E-state index contributed by atoms with van der Waals surface area (Å²) in [5.41, 5.74) is 0. The lowest BCUT2D eigenvalue weighted by molar-refractivity contribution is -0.161. The number of phosphoric ester groups is 2. The first-order valence-electron chi connectivity index (χ1n) is 34.7. The number of hydrogen-bond donors (Lipinski definition) is 3. The molecule has 0 aromatic heterocycles. The molecule has 6 atom stereocenters. The number of hydrogen-bond acceptors (Lipinski definition) is 15. The zero-order valence-electron chi connectivity index (χ0n) is 55.9. The maximum atomic E-state index is 13.0. The highest BCUT2D eigenvalue weighted by molar-refractivity contribution is 7.47. The van der Waals surface area contributed by atoms with Crippen molar-refractivity contribution in [3.63, 3.8) is 0 Å². The summed E-state index contributed by atoms with van der Waals surface area (Å²) < 4.78 is 68.1. The van der Waals surface area contributed by atoms with E-state index in [0.29, 0.717) is 37.5 Å². The molecule has 0 aliphatic carbocycles. The van der Waals surface area contributed by atoms with E-state index in [0.717, 1.165) is 115 Å². The summed E-state index contributed by atoms with van der Waals surface area (Å²) in [6.45, 7) is 14.0. The Morgan fingerprint density at radius 3 is 0.826 bits per heavy atom. The molecule has 0 bridgehead atoms. The highest BCUT2D eigenvalue weighted by atomic mass is 31.2. The molecule has 0 aliphatic rings. The van der Waals surface area contributed by atoms with Gasteiger partial charge in [-0.05, 0) is 49.4 Å². The molecule has 3 N–H and O–H groups in total. The fourth-order valence-electron chi connectivity index (χ4n) is 9.93. The van der Waals surface area contributed by atoms with Crippen LogP contribution < -0.4 is 0 Å². The highest BCUT2D eigenvalue weighted by Crippen LogP contribution is 2.45. The SMILES string of the molecule is CCC(C)CCCCCCCCCCC(=O)O[C@H](COC(=O)CCCCCCCCC(C)C)COP(=O)(O)OC[C@@H](O)COP(=O)(O)OC[C@@H](COC(=O)CCCCCCCCC(C)C)OC(=O)CCCCCCCCCCCCCCCC(C)C. The van der Waals surface area contributed by atoms with E-state index in [4.69, 9.17) is 37.0 Å². The van der Waals surface area contributed by atoms with Gasteiger partial charge in [-0.2, -0.15) is 0 Å². The van der Waals surface area contributed by atoms with Crippen LogP contribution in [-0.4, -0.2) is 96.7 Å². The maximum absolute atomic E-state index is 13.0. The summed E-state index contributed by atoms with van der Waals surface area (Å²) in [5, 5.41) is 10.6. The van der Waals surface area contributed by atoms with Crippen molar-refractivity contribution in [3.05, 3.63) is 0 Å². The van der Waals surface area contributed by atoms with Gasteiger partial charge < -0.3 is 33.8 Å². The van der Waals surface area contributed by atoms with Gasteiger partial charge >= 0.3 is 39.5 Å². The zero-order valence-corrected chi connectivity index (χ0v) is 57.7. The molecule has 0 radical (unpaired) electrons. The van der Waals surface area contributed by atoms with Crippen LogP contribution in [-0.2, 0) is 65.4 Å². The van der Waals surface area contributed by atoms with Gasteiger partial charge in [-0.25, -0.2) is 9.13 Å². The van der Waals surface area contributed by atoms with Crippen molar-refractivity contribution in [2.75, 3.05) is 39.6 Å². The van der Waals surface area contributed by atoms with Gasteiger partial charge in [0, 0.05) is 25.7 Å². The Kier molecular flexibility index (Phi) is 55.7. The number of rotatable bonds is 64. The number of carbonyl (C=O) groups excluding carboxylic acids is 4. The van der Waals surface area contributed by atoms with Gasteiger partial charge in [-0.1, -0.05) is 274 Å². The van der Waals surface area contributed by atoms with Crippen molar-refractivity contribution in [2.45, 2.75) is 343 Å². The fraction of sp³-hybridized carbons (Fsp3) is 0.940. The van der Waals surface area contributed by atoms with Crippen molar-refractivity contribution in [2.24, 2.45) is 23.7 Å². The highest BCUT2D eigenvalue weighted by Gasteiger charge is 2.30. The number of unbranched alkanes of at least 4 members (excludes halogenated alkanes) is 29. The van der Waals surface area contributed by atoms with E-state index in [1.165, 1.54) is 116 Å². The summed E-state index contributed by atoms with van der Waals surface area (Å²) in [6.07, 6.45) is 37.8. The second kappa shape index (κ2) is 57.0. The van der Waals surface area contributed by atoms with Crippen LogP contribution in [0.1, 0.15) is 325 Å². The van der Waals surface area contributed by atoms with Gasteiger partial charge in [0.1, 0.15) is 19.3 Å². The minimum atomic E-state index is -4.95. The monoisotopic (exact) mass is 1270 g/mol. The van der Waals surface area contributed by atoms with Crippen molar-refractivity contribution < 1.29 is 80.2 Å². The molecule has 86 heavy (non-hydrogen) atoms. The lowest BCUT2D eigenvalue weighted by Gasteiger charge is -2.21. The van der Waals surface area contributed by atoms with Crippen molar-refractivity contribution in [1.29, 1.82) is 0 Å². The molecule has 0 amide bonds. The Labute approximate surface area is 524 Å². The fourth-order valence-corrected chi connectivity index (χ4v) is 11.5. The van der Waals surface area contributed by atoms with Crippen molar-refractivity contribution in [3.8, 4) is 0 Å². The molecule has 0 saturated carbocycles. The second-order valence-corrected chi connectivity index (χ2v) is 28.8. The van der Waals surface area contributed by atoms with Gasteiger partial charge in [0.25, 0.3) is 0 Å². The molecule has 0 aromatic carbocycles. The minimum Gasteiger partial charge on any atom is -0.462 e. The molecule has 0 fully saturated rings. The second-order valence-electron chi connectivity index (χ2n) is 25.9. The number of aliphatic hydroxyl groups excluding tert-OH is 1. The predicted molar refractivity (Wildman–Crippen MR) is 344 cm³/mol.